The number of hydrogen-bond donors (Lipinski definition) is 1. The summed E-state index contributed by atoms with van der Waals surface area (Å²) < 4.78 is 0. The van der Waals surface area contributed by atoms with Gasteiger partial charge in [0, 0.05) is 26.7 Å². The second kappa shape index (κ2) is 6.83. The molecule has 0 saturated heterocycles. The molecule has 0 fully saturated rings. The molecule has 1 aromatic rings. The van der Waals surface area contributed by atoms with Crippen molar-refractivity contribution in [2.75, 3.05) is 20.1 Å². The highest BCUT2D eigenvalue weighted by atomic mass is 127. The molecule has 1 heterocycles. The fraction of sp³-hybridized carbons (Fsp3) is 0.462. The third-order valence-corrected chi connectivity index (χ3v) is 2.98. The van der Waals surface area contributed by atoms with Crippen molar-refractivity contribution in [1.82, 2.24) is 10.2 Å². The summed E-state index contributed by atoms with van der Waals surface area (Å²) in [5.74, 6) is 1.01. The minimum atomic E-state index is 0. The second-order valence-corrected chi connectivity index (χ2v) is 4.02. The van der Waals surface area contributed by atoms with Gasteiger partial charge in [-0.2, -0.15) is 0 Å². The Hall–Kier alpha value is -0.780. The van der Waals surface area contributed by atoms with Gasteiger partial charge in [0.05, 0.1) is 0 Å². The third-order valence-electron chi connectivity index (χ3n) is 2.98. The van der Waals surface area contributed by atoms with Crippen LogP contribution in [0.5, 0.6) is 0 Å². The van der Waals surface area contributed by atoms with Gasteiger partial charge >= 0.3 is 0 Å². The summed E-state index contributed by atoms with van der Waals surface area (Å²) in [5, 5.41) is 3.31. The fourth-order valence-corrected chi connectivity index (χ4v) is 2.17. The molecular weight excluding hydrogens is 325 g/mol. The van der Waals surface area contributed by atoms with Crippen LogP contribution in [0.4, 0.5) is 0 Å². The molecule has 94 valence electrons. The lowest BCUT2D eigenvalue weighted by Gasteiger charge is -2.31. The van der Waals surface area contributed by atoms with Crippen LogP contribution in [0.2, 0.25) is 0 Å². The van der Waals surface area contributed by atoms with E-state index in [1.54, 1.807) is 0 Å². The van der Waals surface area contributed by atoms with Crippen LogP contribution in [0.1, 0.15) is 18.1 Å². The normalized spacial score (nSPS) is 14.9. The first-order chi connectivity index (χ1) is 7.85. The molecule has 0 atom stereocenters. The maximum Gasteiger partial charge on any atom is 0.193 e. The molecule has 1 N–H and O–H groups in total. The average molecular weight is 345 g/mol. The van der Waals surface area contributed by atoms with Gasteiger partial charge < -0.3 is 10.2 Å². The van der Waals surface area contributed by atoms with E-state index in [1.165, 1.54) is 11.1 Å². The highest BCUT2D eigenvalue weighted by molar-refractivity contribution is 14.0. The number of rotatable bonds is 1. The molecule has 17 heavy (non-hydrogen) atoms. The molecule has 1 aliphatic heterocycles. The van der Waals surface area contributed by atoms with Gasteiger partial charge in [-0.25, -0.2) is 0 Å². The van der Waals surface area contributed by atoms with Gasteiger partial charge in [-0.1, -0.05) is 24.3 Å². The summed E-state index contributed by atoms with van der Waals surface area (Å²) in [4.78, 5) is 6.62. The smallest absolute Gasteiger partial charge is 0.193 e. The van der Waals surface area contributed by atoms with Gasteiger partial charge in [0.15, 0.2) is 5.96 Å². The molecule has 3 nitrogen and oxygen atoms in total. The van der Waals surface area contributed by atoms with Crippen molar-refractivity contribution in [1.29, 1.82) is 0 Å². The molecular formula is C13H20IN3. The molecule has 0 bridgehead atoms. The molecule has 0 saturated carbocycles. The van der Waals surface area contributed by atoms with Gasteiger partial charge in [-0.05, 0) is 24.5 Å². The van der Waals surface area contributed by atoms with Crippen LogP contribution in [-0.4, -0.2) is 31.0 Å². The zero-order chi connectivity index (χ0) is 11.4. The van der Waals surface area contributed by atoms with E-state index in [0.29, 0.717) is 0 Å². The predicted octanol–water partition coefficient (Wildman–Crippen LogP) is 2.26. The van der Waals surface area contributed by atoms with Gasteiger partial charge in [-0.15, -0.1) is 24.0 Å². The maximum absolute atomic E-state index is 4.31. The number of benzene rings is 1. The number of guanidine groups is 1. The van der Waals surface area contributed by atoms with Crippen LogP contribution >= 0.6 is 24.0 Å². The van der Waals surface area contributed by atoms with Gasteiger partial charge in [0.1, 0.15) is 0 Å². The monoisotopic (exact) mass is 345 g/mol. The van der Waals surface area contributed by atoms with E-state index in [9.17, 15) is 0 Å². The van der Waals surface area contributed by atoms with Crippen molar-refractivity contribution in [2.24, 2.45) is 4.99 Å². The average Bonchev–Trinajstić information content (AvgIpc) is 2.35. The molecule has 2 rings (SSSR count). The van der Waals surface area contributed by atoms with Crippen molar-refractivity contribution in [3.05, 3.63) is 35.4 Å². The van der Waals surface area contributed by atoms with E-state index < -0.39 is 0 Å². The summed E-state index contributed by atoms with van der Waals surface area (Å²) in [6.45, 7) is 5.04. The lowest BCUT2D eigenvalue weighted by atomic mass is 10.0. The standard InChI is InChI=1S/C13H19N3.HI/c1-3-15-13(14-2)16-9-8-11-6-4-5-7-12(11)10-16;/h4-7H,3,8-10H2,1-2H3,(H,14,15);1H. The van der Waals surface area contributed by atoms with Gasteiger partial charge in [-0.3, -0.25) is 4.99 Å². The van der Waals surface area contributed by atoms with E-state index in [4.69, 9.17) is 0 Å². The summed E-state index contributed by atoms with van der Waals surface area (Å²) in [5.41, 5.74) is 2.90. The molecule has 0 aromatic heterocycles. The van der Waals surface area contributed by atoms with Crippen molar-refractivity contribution in [2.45, 2.75) is 19.9 Å². The van der Waals surface area contributed by atoms with Crippen LogP contribution in [0.25, 0.3) is 0 Å². The van der Waals surface area contributed by atoms with Crippen LogP contribution in [-0.2, 0) is 13.0 Å². The van der Waals surface area contributed by atoms with Crippen molar-refractivity contribution >= 4 is 29.9 Å². The van der Waals surface area contributed by atoms with Crippen molar-refractivity contribution in [3.8, 4) is 0 Å². The Kier molecular flexibility index (Phi) is 5.74. The number of hydrogen-bond acceptors (Lipinski definition) is 1. The summed E-state index contributed by atoms with van der Waals surface area (Å²) in [6, 6.07) is 8.66. The van der Waals surface area contributed by atoms with E-state index in [0.717, 1.165) is 32.0 Å². The van der Waals surface area contributed by atoms with Crippen LogP contribution in [0, 0.1) is 0 Å². The third kappa shape index (κ3) is 3.34. The van der Waals surface area contributed by atoms with Gasteiger partial charge in [0.2, 0.25) is 0 Å². The number of aliphatic imine (C=N–C) groups is 1. The second-order valence-electron chi connectivity index (χ2n) is 4.02. The van der Waals surface area contributed by atoms with E-state index in [-0.39, 0.29) is 24.0 Å². The topological polar surface area (TPSA) is 27.6 Å². The minimum absolute atomic E-state index is 0. The Morgan fingerprint density at radius 1 is 1.35 bits per heavy atom. The first-order valence-electron chi connectivity index (χ1n) is 5.87. The number of fused-ring (bicyclic) bond motifs is 1. The number of halogens is 1. The zero-order valence-electron chi connectivity index (χ0n) is 10.4. The van der Waals surface area contributed by atoms with Crippen molar-refractivity contribution < 1.29 is 0 Å². The zero-order valence-corrected chi connectivity index (χ0v) is 12.8. The molecule has 0 spiro atoms. The first kappa shape index (κ1) is 14.3. The predicted molar refractivity (Wildman–Crippen MR) is 83.0 cm³/mol. The fourth-order valence-electron chi connectivity index (χ4n) is 2.17. The number of nitrogens with zero attached hydrogens (tertiary/aromatic N) is 2. The highest BCUT2D eigenvalue weighted by Gasteiger charge is 2.17. The van der Waals surface area contributed by atoms with E-state index >= 15 is 0 Å². The lowest BCUT2D eigenvalue weighted by molar-refractivity contribution is 0.380. The molecule has 0 amide bonds. The Morgan fingerprint density at radius 2 is 2.06 bits per heavy atom. The largest absolute Gasteiger partial charge is 0.357 e. The molecule has 0 radical (unpaired) electrons. The Balaban J connectivity index is 0.00000144. The molecule has 4 heteroatoms. The Bertz CT molecular complexity index is 390. The molecule has 0 aliphatic carbocycles. The Morgan fingerprint density at radius 3 is 2.71 bits per heavy atom. The van der Waals surface area contributed by atoms with Crippen LogP contribution in [0.15, 0.2) is 29.3 Å². The van der Waals surface area contributed by atoms with Gasteiger partial charge in [0.25, 0.3) is 0 Å². The number of nitrogens with one attached hydrogen (secondary N) is 1. The molecule has 0 unspecified atom stereocenters. The quantitative estimate of drug-likeness (QED) is 0.480. The summed E-state index contributed by atoms with van der Waals surface area (Å²) in [6.07, 6.45) is 1.11. The van der Waals surface area contributed by atoms with Crippen LogP contribution in [0.3, 0.4) is 0 Å². The molecule has 1 aromatic carbocycles. The van der Waals surface area contributed by atoms with Crippen molar-refractivity contribution in [3.63, 3.8) is 0 Å². The molecule has 1 aliphatic rings. The maximum atomic E-state index is 4.31. The highest BCUT2D eigenvalue weighted by Crippen LogP contribution is 2.18. The lowest BCUT2D eigenvalue weighted by Crippen LogP contribution is -2.43. The minimum Gasteiger partial charge on any atom is -0.357 e. The summed E-state index contributed by atoms with van der Waals surface area (Å²) in [7, 11) is 1.85. The van der Waals surface area contributed by atoms with Crippen LogP contribution < -0.4 is 5.32 Å². The van der Waals surface area contributed by atoms with E-state index in [2.05, 4.69) is 46.4 Å². The first-order valence-corrected chi connectivity index (χ1v) is 5.87. The summed E-state index contributed by atoms with van der Waals surface area (Å²) >= 11 is 0. The SMILES string of the molecule is CCNC(=NC)N1CCc2ccccc2C1.I. The Labute approximate surface area is 120 Å². The van der Waals surface area contributed by atoms with E-state index in [1.807, 2.05) is 7.05 Å².